The number of nitrogens with one attached hydrogen (secondary N) is 2. The molecule has 6 nitrogen and oxygen atoms in total. The van der Waals surface area contributed by atoms with Crippen molar-refractivity contribution in [3.63, 3.8) is 0 Å². The molecule has 1 fully saturated rings. The molecule has 0 aromatic heterocycles. The lowest BCUT2D eigenvalue weighted by atomic mass is 10.2. The van der Waals surface area contributed by atoms with Crippen molar-refractivity contribution < 1.29 is 9.47 Å². The molecule has 1 heterocycles. The number of rotatable bonds is 7. The van der Waals surface area contributed by atoms with Crippen molar-refractivity contribution in [3.05, 3.63) is 59.7 Å². The standard InChI is InChI=1S/C23H32N4O2.HI/c1-17-12-20(16-27(17)15-18-8-6-5-7-9-18)26-23(24-2)25-14-19-10-11-21(28-3)22(13-19)29-4;/h5-11,13,17,20H,12,14-16H2,1-4H3,(H2,24,25,26);1H. The average Bonchev–Trinajstić information content (AvgIpc) is 3.10. The summed E-state index contributed by atoms with van der Waals surface area (Å²) in [5, 5.41) is 6.98. The fraction of sp³-hybridized carbons (Fsp3) is 0.435. The zero-order valence-corrected chi connectivity index (χ0v) is 20.6. The van der Waals surface area contributed by atoms with Crippen LogP contribution >= 0.6 is 24.0 Å². The van der Waals surface area contributed by atoms with Crippen LogP contribution in [0.1, 0.15) is 24.5 Å². The number of aliphatic imine (C=N–C) groups is 1. The van der Waals surface area contributed by atoms with E-state index in [2.05, 4.69) is 57.8 Å². The largest absolute Gasteiger partial charge is 0.493 e. The molecule has 2 N–H and O–H groups in total. The number of nitrogens with zero attached hydrogens (tertiary/aromatic N) is 2. The van der Waals surface area contributed by atoms with Gasteiger partial charge in [-0.05, 0) is 36.6 Å². The molecule has 30 heavy (non-hydrogen) atoms. The third kappa shape index (κ3) is 6.50. The van der Waals surface area contributed by atoms with E-state index in [1.807, 2.05) is 25.2 Å². The molecule has 2 aromatic carbocycles. The minimum absolute atomic E-state index is 0. The molecule has 0 saturated carbocycles. The molecule has 164 valence electrons. The van der Waals surface area contributed by atoms with E-state index in [0.29, 0.717) is 18.6 Å². The van der Waals surface area contributed by atoms with Crippen LogP contribution in [0.2, 0.25) is 0 Å². The van der Waals surface area contributed by atoms with Gasteiger partial charge in [-0.3, -0.25) is 9.89 Å². The topological polar surface area (TPSA) is 58.1 Å². The molecule has 0 radical (unpaired) electrons. The van der Waals surface area contributed by atoms with E-state index >= 15 is 0 Å². The molecule has 0 bridgehead atoms. The molecule has 2 aromatic rings. The number of hydrogen-bond acceptors (Lipinski definition) is 4. The van der Waals surface area contributed by atoms with E-state index in [1.165, 1.54) is 5.56 Å². The minimum atomic E-state index is 0. The molecule has 1 aliphatic rings. The van der Waals surface area contributed by atoms with Gasteiger partial charge in [0.1, 0.15) is 0 Å². The first-order chi connectivity index (χ1) is 14.1. The zero-order valence-electron chi connectivity index (χ0n) is 18.2. The van der Waals surface area contributed by atoms with Crippen LogP contribution in [0.5, 0.6) is 11.5 Å². The van der Waals surface area contributed by atoms with Crippen LogP contribution in [0.3, 0.4) is 0 Å². The van der Waals surface area contributed by atoms with Gasteiger partial charge in [-0.2, -0.15) is 0 Å². The molecular weight excluding hydrogens is 491 g/mol. The van der Waals surface area contributed by atoms with E-state index < -0.39 is 0 Å². The normalized spacial score (nSPS) is 19.1. The lowest BCUT2D eigenvalue weighted by Crippen LogP contribution is -2.44. The summed E-state index contributed by atoms with van der Waals surface area (Å²) in [5.74, 6) is 2.28. The minimum Gasteiger partial charge on any atom is -0.493 e. The molecular formula is C23H33IN4O2. The number of guanidine groups is 1. The fourth-order valence-corrected chi connectivity index (χ4v) is 3.81. The van der Waals surface area contributed by atoms with Gasteiger partial charge in [0.15, 0.2) is 17.5 Å². The Labute approximate surface area is 197 Å². The van der Waals surface area contributed by atoms with Crippen molar-refractivity contribution in [2.45, 2.75) is 38.5 Å². The maximum atomic E-state index is 5.39. The molecule has 0 spiro atoms. The monoisotopic (exact) mass is 524 g/mol. The van der Waals surface area contributed by atoms with Gasteiger partial charge in [0.05, 0.1) is 14.2 Å². The number of hydrogen-bond donors (Lipinski definition) is 2. The van der Waals surface area contributed by atoms with E-state index in [0.717, 1.165) is 42.5 Å². The summed E-state index contributed by atoms with van der Waals surface area (Å²) in [5.41, 5.74) is 2.46. The van der Waals surface area contributed by atoms with Crippen LogP contribution in [0.15, 0.2) is 53.5 Å². The van der Waals surface area contributed by atoms with E-state index in [-0.39, 0.29) is 24.0 Å². The van der Waals surface area contributed by atoms with E-state index in [1.54, 1.807) is 14.2 Å². The average molecular weight is 524 g/mol. The van der Waals surface area contributed by atoms with Gasteiger partial charge in [-0.25, -0.2) is 0 Å². The summed E-state index contributed by atoms with van der Waals surface area (Å²) in [6.45, 7) is 4.95. The van der Waals surface area contributed by atoms with Crippen LogP contribution in [0.25, 0.3) is 0 Å². The zero-order chi connectivity index (χ0) is 20.6. The lowest BCUT2D eigenvalue weighted by molar-refractivity contribution is 0.258. The predicted octanol–water partition coefficient (Wildman–Crippen LogP) is 3.65. The van der Waals surface area contributed by atoms with Gasteiger partial charge in [-0.15, -0.1) is 24.0 Å². The number of benzene rings is 2. The Morgan fingerprint density at radius 2 is 1.80 bits per heavy atom. The smallest absolute Gasteiger partial charge is 0.191 e. The summed E-state index contributed by atoms with van der Waals surface area (Å²) >= 11 is 0. The first kappa shape index (κ1) is 24.3. The Balaban J connectivity index is 0.00000320. The van der Waals surface area contributed by atoms with Crippen molar-refractivity contribution in [2.75, 3.05) is 27.8 Å². The molecule has 3 rings (SSSR count). The Hall–Kier alpha value is -2.00. The van der Waals surface area contributed by atoms with Gasteiger partial charge >= 0.3 is 0 Å². The highest BCUT2D eigenvalue weighted by molar-refractivity contribution is 14.0. The number of methoxy groups -OCH3 is 2. The Kier molecular flexibility index (Phi) is 9.71. The van der Waals surface area contributed by atoms with Crippen LogP contribution in [0, 0.1) is 0 Å². The van der Waals surface area contributed by atoms with Crippen molar-refractivity contribution in [1.82, 2.24) is 15.5 Å². The summed E-state index contributed by atoms with van der Waals surface area (Å²) in [6, 6.07) is 17.5. The Bertz CT molecular complexity index is 816. The molecule has 1 aliphatic heterocycles. The van der Waals surface area contributed by atoms with Gasteiger partial charge in [0.25, 0.3) is 0 Å². The van der Waals surface area contributed by atoms with E-state index in [9.17, 15) is 0 Å². The van der Waals surface area contributed by atoms with Gasteiger partial charge in [-0.1, -0.05) is 36.4 Å². The third-order valence-electron chi connectivity index (χ3n) is 5.40. The van der Waals surface area contributed by atoms with Crippen molar-refractivity contribution in [3.8, 4) is 11.5 Å². The molecule has 2 unspecified atom stereocenters. The molecule has 0 amide bonds. The van der Waals surface area contributed by atoms with Crippen LogP contribution in [-0.2, 0) is 13.1 Å². The van der Waals surface area contributed by atoms with Crippen molar-refractivity contribution >= 4 is 29.9 Å². The SMILES string of the molecule is CN=C(NCc1ccc(OC)c(OC)c1)NC1CC(C)N(Cc2ccccc2)C1.I. The van der Waals surface area contributed by atoms with Gasteiger partial charge in [0, 0.05) is 38.8 Å². The Morgan fingerprint density at radius 3 is 2.47 bits per heavy atom. The highest BCUT2D eigenvalue weighted by Gasteiger charge is 2.29. The highest BCUT2D eigenvalue weighted by Crippen LogP contribution is 2.27. The summed E-state index contributed by atoms with van der Waals surface area (Å²) < 4.78 is 10.7. The van der Waals surface area contributed by atoms with Crippen LogP contribution in [-0.4, -0.2) is 50.8 Å². The maximum Gasteiger partial charge on any atom is 0.191 e. The summed E-state index contributed by atoms with van der Waals surface area (Å²) in [6.07, 6.45) is 1.10. The number of halogens is 1. The number of ether oxygens (including phenoxy) is 2. The van der Waals surface area contributed by atoms with Crippen LogP contribution in [0.4, 0.5) is 0 Å². The van der Waals surface area contributed by atoms with Crippen LogP contribution < -0.4 is 20.1 Å². The lowest BCUT2D eigenvalue weighted by Gasteiger charge is -2.21. The molecule has 0 aliphatic carbocycles. The molecule has 7 heteroatoms. The van der Waals surface area contributed by atoms with Crippen molar-refractivity contribution in [2.24, 2.45) is 4.99 Å². The molecule has 1 saturated heterocycles. The third-order valence-corrected chi connectivity index (χ3v) is 5.40. The Morgan fingerprint density at radius 1 is 1.07 bits per heavy atom. The van der Waals surface area contributed by atoms with Crippen molar-refractivity contribution in [1.29, 1.82) is 0 Å². The second-order valence-corrected chi connectivity index (χ2v) is 7.46. The van der Waals surface area contributed by atoms with Gasteiger partial charge < -0.3 is 20.1 Å². The fourth-order valence-electron chi connectivity index (χ4n) is 3.81. The van der Waals surface area contributed by atoms with Gasteiger partial charge in [0.2, 0.25) is 0 Å². The maximum absolute atomic E-state index is 5.39. The first-order valence-corrected chi connectivity index (χ1v) is 10.1. The second kappa shape index (κ2) is 12.0. The quantitative estimate of drug-likeness (QED) is 0.329. The summed E-state index contributed by atoms with van der Waals surface area (Å²) in [7, 11) is 5.10. The summed E-state index contributed by atoms with van der Waals surface area (Å²) in [4.78, 5) is 6.92. The number of likely N-dealkylation sites (tertiary alicyclic amines) is 1. The first-order valence-electron chi connectivity index (χ1n) is 10.1. The second-order valence-electron chi connectivity index (χ2n) is 7.46. The highest BCUT2D eigenvalue weighted by atomic mass is 127. The predicted molar refractivity (Wildman–Crippen MR) is 133 cm³/mol. The molecule has 2 atom stereocenters. The van der Waals surface area contributed by atoms with E-state index in [4.69, 9.17) is 9.47 Å².